The van der Waals surface area contributed by atoms with Gasteiger partial charge in [0.25, 0.3) is 0 Å². The first kappa shape index (κ1) is 20.9. The predicted octanol–water partition coefficient (Wildman–Crippen LogP) is 3.41. The first-order valence-electron chi connectivity index (χ1n) is 9.51. The van der Waals surface area contributed by atoms with Gasteiger partial charge in [0.05, 0.1) is 13.0 Å². The Morgan fingerprint density at radius 1 is 1.21 bits per heavy atom. The molecule has 1 saturated carbocycles. The molecule has 24 heavy (non-hydrogen) atoms. The third-order valence-electron chi connectivity index (χ3n) is 4.86. The monoisotopic (exact) mass is 341 g/mol. The SMILES string of the molecule is CCOCCCN(CC(C)C(=O)OC)C(=O)CCC1CCCCC1. The molecule has 140 valence electrons. The third-order valence-corrected chi connectivity index (χ3v) is 4.86. The van der Waals surface area contributed by atoms with Crippen LogP contribution in [0.1, 0.15) is 65.2 Å². The summed E-state index contributed by atoms with van der Waals surface area (Å²) in [5, 5.41) is 0. The van der Waals surface area contributed by atoms with Crippen molar-refractivity contribution in [2.75, 3.05) is 33.4 Å². The Morgan fingerprint density at radius 3 is 2.54 bits per heavy atom. The lowest BCUT2D eigenvalue weighted by atomic mass is 9.86. The van der Waals surface area contributed by atoms with E-state index in [0.717, 1.165) is 12.8 Å². The summed E-state index contributed by atoms with van der Waals surface area (Å²) in [4.78, 5) is 26.1. The van der Waals surface area contributed by atoms with Gasteiger partial charge in [0, 0.05) is 32.7 Å². The number of esters is 1. The van der Waals surface area contributed by atoms with E-state index in [0.29, 0.717) is 38.6 Å². The zero-order chi connectivity index (χ0) is 17.8. The standard InChI is InChI=1S/C19H35NO4/c1-4-24-14-8-13-20(15-16(2)19(22)23-3)18(21)12-11-17-9-6-5-7-10-17/h16-17H,4-15H2,1-3H3. The molecular weight excluding hydrogens is 306 g/mol. The number of carbonyl (C=O) groups excluding carboxylic acids is 2. The van der Waals surface area contributed by atoms with Crippen LogP contribution < -0.4 is 0 Å². The molecule has 0 bridgehead atoms. The van der Waals surface area contributed by atoms with Gasteiger partial charge in [0.2, 0.25) is 5.91 Å². The molecular formula is C19H35NO4. The number of ether oxygens (including phenoxy) is 2. The number of amides is 1. The first-order valence-corrected chi connectivity index (χ1v) is 9.51. The molecule has 1 aliphatic carbocycles. The van der Waals surface area contributed by atoms with Gasteiger partial charge in [-0.05, 0) is 25.7 Å². The van der Waals surface area contributed by atoms with Crippen molar-refractivity contribution in [2.24, 2.45) is 11.8 Å². The van der Waals surface area contributed by atoms with Crippen molar-refractivity contribution in [1.29, 1.82) is 0 Å². The van der Waals surface area contributed by atoms with Gasteiger partial charge in [-0.25, -0.2) is 0 Å². The van der Waals surface area contributed by atoms with Crippen molar-refractivity contribution >= 4 is 11.9 Å². The van der Waals surface area contributed by atoms with E-state index < -0.39 is 0 Å². The highest BCUT2D eigenvalue weighted by molar-refractivity contribution is 5.78. The number of rotatable bonds is 11. The normalized spacial score (nSPS) is 16.6. The van der Waals surface area contributed by atoms with E-state index in [1.165, 1.54) is 39.2 Å². The van der Waals surface area contributed by atoms with Crippen LogP contribution in [0, 0.1) is 11.8 Å². The van der Waals surface area contributed by atoms with Gasteiger partial charge in [0.15, 0.2) is 0 Å². The molecule has 5 heteroatoms. The second-order valence-electron chi connectivity index (χ2n) is 6.86. The van der Waals surface area contributed by atoms with E-state index in [9.17, 15) is 9.59 Å². The highest BCUT2D eigenvalue weighted by Gasteiger charge is 2.22. The molecule has 0 radical (unpaired) electrons. The smallest absolute Gasteiger partial charge is 0.310 e. The first-order chi connectivity index (χ1) is 11.6. The molecule has 1 amide bonds. The zero-order valence-corrected chi connectivity index (χ0v) is 15.7. The minimum Gasteiger partial charge on any atom is -0.469 e. The highest BCUT2D eigenvalue weighted by atomic mass is 16.5. The van der Waals surface area contributed by atoms with Gasteiger partial charge in [-0.15, -0.1) is 0 Å². The number of methoxy groups -OCH3 is 1. The van der Waals surface area contributed by atoms with Gasteiger partial charge >= 0.3 is 5.97 Å². The Bertz CT molecular complexity index is 366. The summed E-state index contributed by atoms with van der Waals surface area (Å²) < 4.78 is 10.2. The highest BCUT2D eigenvalue weighted by Crippen LogP contribution is 2.27. The molecule has 1 unspecified atom stereocenters. The summed E-state index contributed by atoms with van der Waals surface area (Å²) in [6, 6.07) is 0. The summed E-state index contributed by atoms with van der Waals surface area (Å²) in [7, 11) is 1.39. The third kappa shape index (κ3) is 8.13. The maximum Gasteiger partial charge on any atom is 0.310 e. The maximum absolute atomic E-state index is 12.6. The summed E-state index contributed by atoms with van der Waals surface area (Å²) >= 11 is 0. The Hall–Kier alpha value is -1.10. The fourth-order valence-corrected chi connectivity index (χ4v) is 3.39. The Labute approximate surface area is 147 Å². The van der Waals surface area contributed by atoms with Crippen LogP contribution in [0.25, 0.3) is 0 Å². The minimum absolute atomic E-state index is 0.160. The molecule has 0 aromatic rings. The van der Waals surface area contributed by atoms with Crippen molar-refractivity contribution in [2.45, 2.75) is 65.2 Å². The van der Waals surface area contributed by atoms with Crippen LogP contribution in [0.15, 0.2) is 0 Å². The molecule has 1 rings (SSSR count). The maximum atomic E-state index is 12.6. The molecule has 1 aliphatic rings. The molecule has 0 aromatic carbocycles. The van der Waals surface area contributed by atoms with Crippen molar-refractivity contribution in [1.82, 2.24) is 4.90 Å². The average Bonchev–Trinajstić information content (AvgIpc) is 2.62. The average molecular weight is 341 g/mol. The van der Waals surface area contributed by atoms with Gasteiger partial charge in [-0.2, -0.15) is 0 Å². The van der Waals surface area contributed by atoms with Crippen molar-refractivity contribution in [3.8, 4) is 0 Å². The number of hydrogen-bond donors (Lipinski definition) is 0. The molecule has 0 aliphatic heterocycles. The van der Waals surface area contributed by atoms with Crippen LogP contribution >= 0.6 is 0 Å². The van der Waals surface area contributed by atoms with Gasteiger partial charge in [-0.3, -0.25) is 9.59 Å². The minimum atomic E-state index is -0.291. The number of hydrogen-bond acceptors (Lipinski definition) is 4. The molecule has 0 aromatic heterocycles. The molecule has 1 fully saturated rings. The van der Waals surface area contributed by atoms with E-state index >= 15 is 0 Å². The van der Waals surface area contributed by atoms with E-state index in [1.54, 1.807) is 0 Å². The lowest BCUT2D eigenvalue weighted by Crippen LogP contribution is -2.38. The summed E-state index contributed by atoms with van der Waals surface area (Å²) in [6.07, 6.45) is 8.83. The molecule has 5 nitrogen and oxygen atoms in total. The van der Waals surface area contributed by atoms with Crippen LogP contribution in [0.2, 0.25) is 0 Å². The van der Waals surface area contributed by atoms with Crippen molar-refractivity contribution in [3.63, 3.8) is 0 Å². The molecule has 0 heterocycles. The largest absolute Gasteiger partial charge is 0.469 e. The van der Waals surface area contributed by atoms with Gasteiger partial charge in [0.1, 0.15) is 0 Å². The van der Waals surface area contributed by atoms with Crippen LogP contribution in [-0.4, -0.2) is 50.2 Å². The molecule has 0 spiro atoms. The lowest BCUT2D eigenvalue weighted by Gasteiger charge is -2.27. The summed E-state index contributed by atoms with van der Waals surface area (Å²) in [5.74, 6) is 0.310. The van der Waals surface area contributed by atoms with Crippen molar-refractivity contribution < 1.29 is 19.1 Å². The quantitative estimate of drug-likeness (QED) is 0.427. The van der Waals surface area contributed by atoms with Gasteiger partial charge in [-0.1, -0.05) is 39.0 Å². The Morgan fingerprint density at radius 2 is 1.92 bits per heavy atom. The summed E-state index contributed by atoms with van der Waals surface area (Å²) in [6.45, 7) is 6.19. The van der Waals surface area contributed by atoms with E-state index in [2.05, 4.69) is 0 Å². The van der Waals surface area contributed by atoms with Gasteiger partial charge < -0.3 is 14.4 Å². The van der Waals surface area contributed by atoms with Crippen LogP contribution in [0.4, 0.5) is 0 Å². The van der Waals surface area contributed by atoms with E-state index in [1.807, 2.05) is 18.7 Å². The van der Waals surface area contributed by atoms with Crippen LogP contribution in [0.5, 0.6) is 0 Å². The lowest BCUT2D eigenvalue weighted by molar-refractivity contribution is -0.146. The fourth-order valence-electron chi connectivity index (χ4n) is 3.39. The van der Waals surface area contributed by atoms with E-state index in [4.69, 9.17) is 9.47 Å². The van der Waals surface area contributed by atoms with E-state index in [-0.39, 0.29) is 17.8 Å². The Kier molecular flexibility index (Phi) is 10.7. The topological polar surface area (TPSA) is 55.8 Å². The predicted molar refractivity (Wildman–Crippen MR) is 94.7 cm³/mol. The van der Waals surface area contributed by atoms with Crippen LogP contribution in [-0.2, 0) is 19.1 Å². The fraction of sp³-hybridized carbons (Fsp3) is 0.895. The number of nitrogens with zero attached hydrogens (tertiary/aromatic N) is 1. The second-order valence-corrected chi connectivity index (χ2v) is 6.86. The zero-order valence-electron chi connectivity index (χ0n) is 15.7. The molecule has 0 saturated heterocycles. The van der Waals surface area contributed by atoms with Crippen LogP contribution in [0.3, 0.4) is 0 Å². The summed E-state index contributed by atoms with van der Waals surface area (Å²) in [5.41, 5.74) is 0. The van der Waals surface area contributed by atoms with Crippen molar-refractivity contribution in [3.05, 3.63) is 0 Å². The Balaban J connectivity index is 2.47. The number of carbonyl (C=O) groups is 2. The second kappa shape index (κ2) is 12.3. The molecule has 0 N–H and O–H groups in total. The molecule has 1 atom stereocenters.